The minimum atomic E-state index is -1.07. The summed E-state index contributed by atoms with van der Waals surface area (Å²) in [7, 11) is 0. The average molecular weight is 307 g/mol. The number of fused-ring (bicyclic) bond motifs is 1. The van der Waals surface area contributed by atoms with Crippen molar-refractivity contribution in [1.29, 1.82) is 0 Å². The molecule has 1 aromatic carbocycles. The van der Waals surface area contributed by atoms with Crippen LogP contribution in [-0.2, 0) is 17.8 Å². The molecule has 1 aliphatic heterocycles. The van der Waals surface area contributed by atoms with Crippen LogP contribution in [0.25, 0.3) is 11.3 Å². The number of rotatable bonds is 2. The summed E-state index contributed by atoms with van der Waals surface area (Å²) >= 11 is 0. The molecule has 0 radical (unpaired) electrons. The van der Waals surface area contributed by atoms with Gasteiger partial charge >= 0.3 is 0 Å². The van der Waals surface area contributed by atoms with Crippen molar-refractivity contribution in [3.05, 3.63) is 41.1 Å². The summed E-state index contributed by atoms with van der Waals surface area (Å²) in [5.41, 5.74) is 2.58. The molecule has 0 spiro atoms. The lowest BCUT2D eigenvalue weighted by Gasteiger charge is -2.28. The number of carbonyl (C=O) groups is 1. The van der Waals surface area contributed by atoms with Crippen LogP contribution < -0.4 is 0 Å². The summed E-state index contributed by atoms with van der Waals surface area (Å²) in [5.74, 6) is -2.22. The first kappa shape index (κ1) is 14.6. The fourth-order valence-corrected chi connectivity index (χ4v) is 2.63. The molecule has 1 amide bonds. The maximum atomic E-state index is 13.4. The highest BCUT2D eigenvalue weighted by molar-refractivity contribution is 5.81. The number of aliphatic hydroxyl groups is 1. The third kappa shape index (κ3) is 2.48. The minimum Gasteiger partial charge on any atom is -0.384 e. The van der Waals surface area contributed by atoms with E-state index in [1.165, 1.54) is 17.9 Å². The predicted molar refractivity (Wildman–Crippen MR) is 74.7 cm³/mol. The fourth-order valence-electron chi connectivity index (χ4n) is 2.63. The number of aromatic amines is 1. The van der Waals surface area contributed by atoms with Gasteiger partial charge in [0, 0.05) is 36.3 Å². The van der Waals surface area contributed by atoms with Crippen LogP contribution in [0.2, 0.25) is 0 Å². The predicted octanol–water partition coefficient (Wildman–Crippen LogP) is 1.62. The van der Waals surface area contributed by atoms with E-state index in [1.807, 2.05) is 0 Å². The van der Waals surface area contributed by atoms with E-state index in [-0.39, 0.29) is 12.5 Å². The van der Waals surface area contributed by atoms with Gasteiger partial charge in [-0.1, -0.05) is 0 Å². The van der Waals surface area contributed by atoms with E-state index < -0.39 is 17.7 Å². The Morgan fingerprint density at radius 2 is 2.18 bits per heavy atom. The molecule has 2 N–H and O–H groups in total. The Kier molecular flexibility index (Phi) is 3.66. The Morgan fingerprint density at radius 3 is 2.86 bits per heavy atom. The van der Waals surface area contributed by atoms with Gasteiger partial charge in [0.1, 0.15) is 6.10 Å². The normalized spacial score (nSPS) is 15.5. The van der Waals surface area contributed by atoms with Crippen molar-refractivity contribution in [2.45, 2.75) is 26.0 Å². The molecule has 0 aliphatic carbocycles. The largest absolute Gasteiger partial charge is 0.384 e. The summed E-state index contributed by atoms with van der Waals surface area (Å²) in [6.45, 7) is 2.18. The van der Waals surface area contributed by atoms with Crippen molar-refractivity contribution in [2.24, 2.45) is 0 Å². The minimum absolute atomic E-state index is 0.282. The van der Waals surface area contributed by atoms with Gasteiger partial charge in [-0.05, 0) is 25.1 Å². The molecule has 1 aliphatic rings. The summed E-state index contributed by atoms with van der Waals surface area (Å²) in [4.78, 5) is 13.4. The molecule has 0 unspecified atom stereocenters. The van der Waals surface area contributed by atoms with Crippen LogP contribution in [0.5, 0.6) is 0 Å². The van der Waals surface area contributed by atoms with Gasteiger partial charge in [-0.25, -0.2) is 8.78 Å². The van der Waals surface area contributed by atoms with E-state index in [9.17, 15) is 18.7 Å². The highest BCUT2D eigenvalue weighted by atomic mass is 19.2. The number of amides is 1. The quantitative estimate of drug-likeness (QED) is 0.886. The molecule has 2 aromatic rings. The lowest BCUT2D eigenvalue weighted by molar-refractivity contribution is -0.140. The molecule has 0 saturated carbocycles. The van der Waals surface area contributed by atoms with Crippen molar-refractivity contribution in [2.75, 3.05) is 6.54 Å². The van der Waals surface area contributed by atoms with E-state index >= 15 is 0 Å². The lowest BCUT2D eigenvalue weighted by Crippen LogP contribution is -2.41. The van der Waals surface area contributed by atoms with Crippen molar-refractivity contribution < 1.29 is 18.7 Å². The number of nitrogens with one attached hydrogen (secondary N) is 1. The summed E-state index contributed by atoms with van der Waals surface area (Å²) in [6.07, 6.45) is -0.495. The third-order valence-electron chi connectivity index (χ3n) is 3.80. The van der Waals surface area contributed by atoms with Crippen LogP contribution in [0.1, 0.15) is 18.2 Å². The van der Waals surface area contributed by atoms with Gasteiger partial charge in [0.2, 0.25) is 0 Å². The van der Waals surface area contributed by atoms with Gasteiger partial charge in [-0.2, -0.15) is 5.10 Å². The van der Waals surface area contributed by atoms with E-state index in [2.05, 4.69) is 10.2 Å². The summed E-state index contributed by atoms with van der Waals surface area (Å²) in [6, 6.07) is 3.58. The van der Waals surface area contributed by atoms with Crippen LogP contribution in [0.3, 0.4) is 0 Å². The van der Waals surface area contributed by atoms with Crippen LogP contribution in [0.15, 0.2) is 18.2 Å². The monoisotopic (exact) mass is 307 g/mol. The molecular formula is C15H15F2N3O2. The highest BCUT2D eigenvalue weighted by Gasteiger charge is 2.27. The summed E-state index contributed by atoms with van der Waals surface area (Å²) < 4.78 is 26.5. The smallest absolute Gasteiger partial charge is 0.251 e. The highest BCUT2D eigenvalue weighted by Crippen LogP contribution is 2.29. The molecule has 1 aromatic heterocycles. The van der Waals surface area contributed by atoms with Gasteiger partial charge in [0.25, 0.3) is 5.91 Å². The number of benzene rings is 1. The Morgan fingerprint density at radius 1 is 1.41 bits per heavy atom. The standard InChI is InChI=1S/C15H15F2N3O2/c1-8(21)15(22)20-5-4-13-10(7-20)14(19-18-13)9-2-3-11(16)12(17)6-9/h2-3,6,8,21H,4-5,7H2,1H3,(H,18,19)/t8-/m1/s1. The van der Waals surface area contributed by atoms with Crippen molar-refractivity contribution in [3.8, 4) is 11.3 Å². The molecule has 5 nitrogen and oxygen atoms in total. The number of aliphatic hydroxyl groups excluding tert-OH is 1. The second-order valence-electron chi connectivity index (χ2n) is 5.34. The number of halogens is 2. The number of hydrogen-bond acceptors (Lipinski definition) is 3. The van der Waals surface area contributed by atoms with E-state index in [4.69, 9.17) is 0 Å². The molecule has 3 rings (SSSR count). The molecule has 116 valence electrons. The number of H-pyrrole nitrogens is 1. The van der Waals surface area contributed by atoms with Gasteiger partial charge in [-0.15, -0.1) is 0 Å². The van der Waals surface area contributed by atoms with E-state index in [0.717, 1.165) is 23.4 Å². The molecule has 7 heteroatoms. The van der Waals surface area contributed by atoms with Gasteiger partial charge in [0.05, 0.1) is 5.69 Å². The Hall–Kier alpha value is -2.28. The van der Waals surface area contributed by atoms with Crippen LogP contribution >= 0.6 is 0 Å². The van der Waals surface area contributed by atoms with E-state index in [1.54, 1.807) is 0 Å². The van der Waals surface area contributed by atoms with Crippen LogP contribution in [0.4, 0.5) is 8.78 Å². The van der Waals surface area contributed by atoms with Gasteiger partial charge in [-0.3, -0.25) is 9.89 Å². The van der Waals surface area contributed by atoms with Crippen molar-refractivity contribution in [1.82, 2.24) is 15.1 Å². The fraction of sp³-hybridized carbons (Fsp3) is 0.333. The molecule has 0 saturated heterocycles. The first-order chi connectivity index (χ1) is 10.5. The molecule has 0 bridgehead atoms. The lowest BCUT2D eigenvalue weighted by atomic mass is 10.0. The Labute approximate surface area is 125 Å². The first-order valence-corrected chi connectivity index (χ1v) is 6.95. The molecule has 0 fully saturated rings. The topological polar surface area (TPSA) is 69.2 Å². The van der Waals surface area contributed by atoms with Gasteiger partial charge in [0.15, 0.2) is 11.6 Å². The maximum Gasteiger partial charge on any atom is 0.251 e. The van der Waals surface area contributed by atoms with Crippen LogP contribution in [-0.4, -0.2) is 38.8 Å². The van der Waals surface area contributed by atoms with Gasteiger partial charge < -0.3 is 10.0 Å². The van der Waals surface area contributed by atoms with Crippen molar-refractivity contribution >= 4 is 5.91 Å². The first-order valence-electron chi connectivity index (χ1n) is 6.95. The average Bonchev–Trinajstić information content (AvgIpc) is 2.92. The molecule has 1 atom stereocenters. The number of aromatic nitrogens is 2. The Balaban J connectivity index is 1.95. The maximum absolute atomic E-state index is 13.4. The van der Waals surface area contributed by atoms with Crippen LogP contribution in [0, 0.1) is 11.6 Å². The van der Waals surface area contributed by atoms with E-state index in [0.29, 0.717) is 24.2 Å². The second kappa shape index (κ2) is 5.49. The number of carbonyl (C=O) groups excluding carboxylic acids is 1. The zero-order valence-corrected chi connectivity index (χ0v) is 11.9. The number of nitrogens with zero attached hydrogens (tertiary/aromatic N) is 2. The van der Waals surface area contributed by atoms with Crippen molar-refractivity contribution in [3.63, 3.8) is 0 Å². The molecular weight excluding hydrogens is 292 g/mol. The summed E-state index contributed by atoms with van der Waals surface area (Å²) in [5, 5.41) is 16.5. The SMILES string of the molecule is C[C@@H](O)C(=O)N1CCc2[nH]nc(-c3ccc(F)c(F)c3)c2C1. The number of hydrogen-bond donors (Lipinski definition) is 2. The molecule has 2 heterocycles. The molecule has 22 heavy (non-hydrogen) atoms. The second-order valence-corrected chi connectivity index (χ2v) is 5.34. The Bertz CT molecular complexity index is 728. The zero-order chi connectivity index (χ0) is 15.9. The third-order valence-corrected chi connectivity index (χ3v) is 3.80. The zero-order valence-electron chi connectivity index (χ0n) is 11.9.